The minimum atomic E-state index is -4.98. The molecule has 3 N–H and O–H groups in total. The van der Waals surface area contributed by atoms with E-state index < -0.39 is 54.9 Å². The second kappa shape index (κ2) is 9.70. The van der Waals surface area contributed by atoms with Crippen LogP contribution in [0.3, 0.4) is 0 Å². The molecule has 1 aliphatic rings. The van der Waals surface area contributed by atoms with Crippen LogP contribution in [0.5, 0.6) is 0 Å². The first-order chi connectivity index (χ1) is 13.6. The minimum Gasteiger partial charge on any atom is -0.394 e. The van der Waals surface area contributed by atoms with Crippen LogP contribution in [-0.2, 0) is 14.3 Å². The van der Waals surface area contributed by atoms with Crippen molar-refractivity contribution in [1.82, 2.24) is 14.5 Å². The molecule has 0 aliphatic carbocycles. The Bertz CT molecular complexity index is 900. The first kappa shape index (κ1) is 22.6. The summed E-state index contributed by atoms with van der Waals surface area (Å²) < 4.78 is 47.8. The number of nitrogens with one attached hydrogen (secondary N) is 1. The molecule has 2 heterocycles. The molecule has 1 aliphatic heterocycles. The van der Waals surface area contributed by atoms with Gasteiger partial charge in [-0.3, -0.25) is 14.2 Å². The van der Waals surface area contributed by atoms with Crippen LogP contribution in [-0.4, -0.2) is 70.0 Å². The van der Waals surface area contributed by atoms with Crippen molar-refractivity contribution in [2.24, 2.45) is 0 Å². The van der Waals surface area contributed by atoms with E-state index in [0.29, 0.717) is 4.57 Å². The standard InChI is InChI=1S/C16H18F3N3O7/c17-16(18,19)14(26)20-3-7-28-6-1-4-21-12(25)2-5-22(15(21)27)13-8-10(24)11(9-23)29-13/h2,5,10-11,13,23-24H,3,6-9H2,(H,20,26)/t10-,11+,13+/m0/s1. The van der Waals surface area contributed by atoms with E-state index in [1.807, 2.05) is 0 Å². The Kier molecular flexibility index (Phi) is 7.57. The molecule has 160 valence electrons. The molecule has 1 saturated heterocycles. The Morgan fingerprint density at radius 1 is 1.41 bits per heavy atom. The maximum atomic E-state index is 12.4. The van der Waals surface area contributed by atoms with E-state index in [1.165, 1.54) is 6.20 Å². The van der Waals surface area contributed by atoms with E-state index in [9.17, 15) is 32.7 Å². The highest BCUT2D eigenvalue weighted by atomic mass is 19.4. The SMILES string of the molecule is O=C(NCCOCC#Cn1c(=O)ccn([C@H]2C[C@H](O)[C@@H](CO)O2)c1=O)C(F)(F)F. The average molecular weight is 421 g/mol. The number of aliphatic hydroxyl groups is 2. The highest BCUT2D eigenvalue weighted by Crippen LogP contribution is 2.26. The van der Waals surface area contributed by atoms with Gasteiger partial charge in [0.2, 0.25) is 0 Å². The van der Waals surface area contributed by atoms with Crippen LogP contribution < -0.4 is 16.6 Å². The summed E-state index contributed by atoms with van der Waals surface area (Å²) in [5, 5.41) is 20.5. The number of nitrogens with zero attached hydrogens (tertiary/aromatic N) is 2. The van der Waals surface area contributed by atoms with Crippen molar-refractivity contribution in [3.05, 3.63) is 33.1 Å². The quantitative estimate of drug-likeness (QED) is 0.363. The Morgan fingerprint density at radius 3 is 2.76 bits per heavy atom. The van der Waals surface area contributed by atoms with E-state index in [-0.39, 0.29) is 19.6 Å². The van der Waals surface area contributed by atoms with Crippen LogP contribution in [0, 0.1) is 12.0 Å². The fourth-order valence-corrected chi connectivity index (χ4v) is 2.44. The number of ether oxygens (including phenoxy) is 2. The highest BCUT2D eigenvalue weighted by molar-refractivity contribution is 5.81. The topological polar surface area (TPSA) is 132 Å². The van der Waals surface area contributed by atoms with Gasteiger partial charge in [-0.05, 0) is 0 Å². The van der Waals surface area contributed by atoms with Crippen molar-refractivity contribution in [2.45, 2.75) is 31.0 Å². The molecule has 3 atom stereocenters. The predicted octanol–water partition coefficient (Wildman–Crippen LogP) is -1.85. The van der Waals surface area contributed by atoms with Gasteiger partial charge in [-0.15, -0.1) is 0 Å². The molecule has 0 spiro atoms. The van der Waals surface area contributed by atoms with Crippen LogP contribution in [0.4, 0.5) is 13.2 Å². The summed E-state index contributed by atoms with van der Waals surface area (Å²) in [6.07, 6.45) is -6.50. The second-order valence-corrected chi connectivity index (χ2v) is 5.89. The van der Waals surface area contributed by atoms with E-state index in [0.717, 1.165) is 10.6 Å². The monoisotopic (exact) mass is 421 g/mol. The van der Waals surface area contributed by atoms with Gasteiger partial charge in [0, 0.05) is 31.3 Å². The number of aliphatic hydroxyl groups excluding tert-OH is 2. The zero-order valence-electron chi connectivity index (χ0n) is 14.9. The van der Waals surface area contributed by atoms with Gasteiger partial charge in [-0.1, -0.05) is 5.92 Å². The third-order valence-corrected chi connectivity index (χ3v) is 3.86. The summed E-state index contributed by atoms with van der Waals surface area (Å²) in [5.74, 6) is 0.269. The number of carbonyl (C=O) groups is 1. The summed E-state index contributed by atoms with van der Waals surface area (Å²) in [5.41, 5.74) is -1.56. The number of aromatic nitrogens is 2. The van der Waals surface area contributed by atoms with Gasteiger partial charge in [0.05, 0.1) is 19.3 Å². The smallest absolute Gasteiger partial charge is 0.394 e. The molecule has 0 aromatic carbocycles. The zero-order chi connectivity index (χ0) is 21.6. The van der Waals surface area contributed by atoms with Crippen LogP contribution in [0.15, 0.2) is 21.9 Å². The van der Waals surface area contributed by atoms with E-state index in [1.54, 1.807) is 5.32 Å². The molecule has 1 aromatic rings. The minimum absolute atomic E-state index is 0.0313. The lowest BCUT2D eigenvalue weighted by molar-refractivity contribution is -0.173. The second-order valence-electron chi connectivity index (χ2n) is 5.89. The first-order valence-electron chi connectivity index (χ1n) is 8.35. The molecule has 1 aromatic heterocycles. The van der Waals surface area contributed by atoms with Crippen LogP contribution in [0.1, 0.15) is 12.6 Å². The van der Waals surface area contributed by atoms with Crippen LogP contribution in [0.25, 0.3) is 0 Å². The summed E-state index contributed by atoms with van der Waals surface area (Å²) >= 11 is 0. The maximum absolute atomic E-state index is 12.4. The van der Waals surface area contributed by atoms with Gasteiger partial charge in [0.1, 0.15) is 18.9 Å². The lowest BCUT2D eigenvalue weighted by Crippen LogP contribution is -2.39. The maximum Gasteiger partial charge on any atom is 0.471 e. The molecule has 0 saturated carbocycles. The fraction of sp³-hybridized carbons (Fsp3) is 0.562. The van der Waals surface area contributed by atoms with Gasteiger partial charge in [0.25, 0.3) is 5.56 Å². The molecule has 0 unspecified atom stereocenters. The van der Waals surface area contributed by atoms with Gasteiger partial charge < -0.3 is 25.0 Å². The number of hydrogen-bond donors (Lipinski definition) is 3. The van der Waals surface area contributed by atoms with Gasteiger partial charge in [0.15, 0.2) is 0 Å². The molecule has 0 radical (unpaired) electrons. The van der Waals surface area contributed by atoms with Crippen molar-refractivity contribution < 1.29 is 37.7 Å². The van der Waals surface area contributed by atoms with E-state index in [4.69, 9.17) is 14.6 Å². The Hall–Kier alpha value is -2.66. The number of halogens is 3. The molecule has 0 bridgehead atoms. The van der Waals surface area contributed by atoms with Crippen LogP contribution in [0.2, 0.25) is 0 Å². The Labute approximate surface area is 161 Å². The number of amides is 1. The van der Waals surface area contributed by atoms with Crippen molar-refractivity contribution in [3.8, 4) is 12.0 Å². The van der Waals surface area contributed by atoms with Gasteiger partial charge in [-0.2, -0.15) is 17.7 Å². The number of alkyl halides is 3. The molecule has 29 heavy (non-hydrogen) atoms. The fourth-order valence-electron chi connectivity index (χ4n) is 2.44. The lowest BCUT2D eigenvalue weighted by atomic mass is 10.2. The van der Waals surface area contributed by atoms with Crippen molar-refractivity contribution in [3.63, 3.8) is 0 Å². The molecule has 1 amide bonds. The van der Waals surface area contributed by atoms with E-state index in [2.05, 4.69) is 12.0 Å². The normalized spacial score (nSPS) is 21.5. The third kappa shape index (κ3) is 5.91. The number of hydrogen-bond acceptors (Lipinski definition) is 7. The number of carbonyl (C=O) groups excluding carboxylic acids is 1. The molecular weight excluding hydrogens is 403 g/mol. The van der Waals surface area contributed by atoms with Gasteiger partial charge >= 0.3 is 17.8 Å². The molecule has 1 fully saturated rings. The number of rotatable bonds is 6. The highest BCUT2D eigenvalue weighted by Gasteiger charge is 2.38. The molecule has 13 heteroatoms. The van der Waals surface area contributed by atoms with Crippen molar-refractivity contribution in [1.29, 1.82) is 0 Å². The van der Waals surface area contributed by atoms with Crippen LogP contribution >= 0.6 is 0 Å². The Morgan fingerprint density at radius 2 is 2.14 bits per heavy atom. The summed E-state index contributed by atoms with van der Waals surface area (Å²) in [6.45, 7) is -1.41. The molecule has 2 rings (SSSR count). The lowest BCUT2D eigenvalue weighted by Gasteiger charge is -2.14. The van der Waals surface area contributed by atoms with Gasteiger partial charge in [-0.25, -0.2) is 4.79 Å². The molecule has 10 nitrogen and oxygen atoms in total. The molecular formula is C16H18F3N3O7. The van der Waals surface area contributed by atoms with Crippen molar-refractivity contribution >= 4 is 5.91 Å². The summed E-state index contributed by atoms with van der Waals surface area (Å²) in [6, 6.07) is 3.33. The zero-order valence-corrected chi connectivity index (χ0v) is 14.9. The van der Waals surface area contributed by atoms with E-state index >= 15 is 0 Å². The average Bonchev–Trinajstić information content (AvgIpc) is 3.02. The van der Waals surface area contributed by atoms with Crippen molar-refractivity contribution in [2.75, 3.05) is 26.4 Å². The largest absolute Gasteiger partial charge is 0.471 e. The summed E-state index contributed by atoms with van der Waals surface area (Å²) in [7, 11) is 0. The predicted molar refractivity (Wildman–Crippen MR) is 89.6 cm³/mol. The summed E-state index contributed by atoms with van der Waals surface area (Å²) in [4.78, 5) is 34.8. The first-order valence-corrected chi connectivity index (χ1v) is 8.35. The Balaban J connectivity index is 1.94. The third-order valence-electron chi connectivity index (χ3n) is 3.86.